The fraction of sp³-hybridized carbons (Fsp3) is 0.280. The molecule has 0 radical (unpaired) electrons. The van der Waals surface area contributed by atoms with Crippen LogP contribution in [0.15, 0.2) is 78.9 Å². The summed E-state index contributed by atoms with van der Waals surface area (Å²) >= 11 is 0. The van der Waals surface area contributed by atoms with Crippen molar-refractivity contribution in [3.8, 4) is 11.5 Å². The fourth-order valence-corrected chi connectivity index (χ4v) is 3.19. The van der Waals surface area contributed by atoms with Crippen molar-refractivity contribution in [2.45, 2.75) is 26.1 Å². The molecule has 3 aromatic carbocycles. The number of methoxy groups -OCH3 is 1. The van der Waals surface area contributed by atoms with Gasteiger partial charge in [-0.25, -0.2) is 0 Å². The van der Waals surface area contributed by atoms with Crippen LogP contribution < -0.4 is 9.47 Å². The summed E-state index contributed by atoms with van der Waals surface area (Å²) in [4.78, 5) is 2.25. The summed E-state index contributed by atoms with van der Waals surface area (Å²) in [5, 5.41) is 10.6. The molecule has 0 bridgehead atoms. The van der Waals surface area contributed by atoms with E-state index in [0.717, 1.165) is 24.6 Å². The molecule has 29 heavy (non-hydrogen) atoms. The minimum Gasteiger partial charge on any atom is -0.497 e. The molecular weight excluding hydrogens is 362 g/mol. The molecule has 0 aromatic heterocycles. The number of rotatable bonds is 10. The first kappa shape index (κ1) is 20.9. The predicted octanol–water partition coefficient (Wildman–Crippen LogP) is 4.45. The van der Waals surface area contributed by atoms with Crippen LogP contribution in [0.2, 0.25) is 0 Å². The summed E-state index contributed by atoms with van der Waals surface area (Å²) in [6.45, 7) is 4.40. The zero-order valence-corrected chi connectivity index (χ0v) is 17.1. The highest BCUT2D eigenvalue weighted by Gasteiger charge is 2.14. The maximum absolute atomic E-state index is 10.6. The Morgan fingerprint density at radius 3 is 2.00 bits per heavy atom. The molecule has 0 unspecified atom stereocenters. The van der Waals surface area contributed by atoms with Crippen LogP contribution in [0.3, 0.4) is 0 Å². The lowest BCUT2D eigenvalue weighted by atomic mass is 10.1. The van der Waals surface area contributed by atoms with Crippen LogP contribution in [0, 0.1) is 6.92 Å². The standard InChI is InChI=1S/C25H29NO3/c1-20-8-10-22(11-9-20)17-26(16-21-6-4-3-5-7-21)18-23(27)19-29-25-14-12-24(28-2)13-15-25/h3-15,23,27H,16-19H2,1-2H3/t23-/m0/s1. The number of aliphatic hydroxyl groups is 1. The fourth-order valence-electron chi connectivity index (χ4n) is 3.19. The Kier molecular flexibility index (Phi) is 7.68. The molecule has 0 aliphatic carbocycles. The maximum atomic E-state index is 10.6. The zero-order chi connectivity index (χ0) is 20.5. The minimum atomic E-state index is -0.591. The van der Waals surface area contributed by atoms with Gasteiger partial charge in [0.1, 0.15) is 24.2 Å². The zero-order valence-electron chi connectivity index (χ0n) is 17.1. The third kappa shape index (κ3) is 6.93. The van der Waals surface area contributed by atoms with Crippen molar-refractivity contribution in [3.05, 3.63) is 95.6 Å². The quantitative estimate of drug-likeness (QED) is 0.555. The Bertz CT molecular complexity index is 848. The molecule has 0 heterocycles. The van der Waals surface area contributed by atoms with Crippen LogP contribution in [0.1, 0.15) is 16.7 Å². The number of nitrogens with zero attached hydrogens (tertiary/aromatic N) is 1. The molecular formula is C25H29NO3. The highest BCUT2D eigenvalue weighted by atomic mass is 16.5. The lowest BCUT2D eigenvalue weighted by molar-refractivity contribution is 0.0628. The molecule has 4 nitrogen and oxygen atoms in total. The van der Waals surface area contributed by atoms with Gasteiger partial charge in [-0.3, -0.25) is 4.90 Å². The summed E-state index contributed by atoms with van der Waals surface area (Å²) in [6, 6.07) is 26.3. The normalized spacial score (nSPS) is 12.0. The van der Waals surface area contributed by atoms with Crippen LogP contribution in [0.25, 0.3) is 0 Å². The van der Waals surface area contributed by atoms with E-state index in [1.165, 1.54) is 16.7 Å². The van der Waals surface area contributed by atoms with Crippen LogP contribution >= 0.6 is 0 Å². The van der Waals surface area contributed by atoms with Gasteiger partial charge in [-0.2, -0.15) is 0 Å². The molecule has 3 aromatic rings. The average molecular weight is 392 g/mol. The van der Waals surface area contributed by atoms with E-state index in [1.54, 1.807) is 7.11 Å². The summed E-state index contributed by atoms with van der Waals surface area (Å²) in [7, 11) is 1.63. The Labute approximate surface area is 173 Å². The number of hydrogen-bond acceptors (Lipinski definition) is 4. The van der Waals surface area contributed by atoms with Crippen LogP contribution in [-0.2, 0) is 13.1 Å². The van der Waals surface area contributed by atoms with Gasteiger partial charge in [-0.15, -0.1) is 0 Å². The van der Waals surface area contributed by atoms with Gasteiger partial charge in [-0.1, -0.05) is 60.2 Å². The third-order valence-electron chi connectivity index (χ3n) is 4.75. The van der Waals surface area contributed by atoms with Crippen molar-refractivity contribution in [1.29, 1.82) is 0 Å². The molecule has 0 spiro atoms. The largest absolute Gasteiger partial charge is 0.497 e. The molecule has 4 heteroatoms. The molecule has 0 aliphatic rings. The lowest BCUT2D eigenvalue weighted by Crippen LogP contribution is -2.35. The van der Waals surface area contributed by atoms with E-state index >= 15 is 0 Å². The van der Waals surface area contributed by atoms with Gasteiger partial charge in [-0.05, 0) is 42.3 Å². The van der Waals surface area contributed by atoms with Crippen molar-refractivity contribution in [2.75, 3.05) is 20.3 Å². The predicted molar refractivity (Wildman–Crippen MR) is 116 cm³/mol. The van der Waals surface area contributed by atoms with Crippen molar-refractivity contribution in [3.63, 3.8) is 0 Å². The summed E-state index contributed by atoms with van der Waals surface area (Å²) in [6.07, 6.45) is -0.591. The second-order valence-corrected chi connectivity index (χ2v) is 7.28. The molecule has 0 saturated carbocycles. The number of hydrogen-bond donors (Lipinski definition) is 1. The number of benzene rings is 3. The van der Waals surface area contributed by atoms with E-state index < -0.39 is 6.10 Å². The Morgan fingerprint density at radius 1 is 0.793 bits per heavy atom. The van der Waals surface area contributed by atoms with E-state index in [0.29, 0.717) is 6.54 Å². The molecule has 1 N–H and O–H groups in total. The van der Waals surface area contributed by atoms with Crippen LogP contribution in [0.4, 0.5) is 0 Å². The SMILES string of the molecule is COc1ccc(OC[C@@H](O)CN(Cc2ccccc2)Cc2ccc(C)cc2)cc1. The van der Waals surface area contributed by atoms with E-state index in [2.05, 4.69) is 48.2 Å². The first-order chi connectivity index (χ1) is 14.1. The Hall–Kier alpha value is -2.82. The van der Waals surface area contributed by atoms with Gasteiger partial charge < -0.3 is 14.6 Å². The second-order valence-electron chi connectivity index (χ2n) is 7.28. The summed E-state index contributed by atoms with van der Waals surface area (Å²) in [5.41, 5.74) is 3.70. The van der Waals surface area contributed by atoms with Crippen LogP contribution in [-0.4, -0.2) is 36.4 Å². The molecule has 152 valence electrons. The monoisotopic (exact) mass is 391 g/mol. The smallest absolute Gasteiger partial charge is 0.119 e. The van der Waals surface area contributed by atoms with Gasteiger partial charge in [0.15, 0.2) is 0 Å². The van der Waals surface area contributed by atoms with Gasteiger partial charge in [0.2, 0.25) is 0 Å². The first-order valence-corrected chi connectivity index (χ1v) is 9.89. The van der Waals surface area contributed by atoms with Gasteiger partial charge in [0.05, 0.1) is 7.11 Å². The Morgan fingerprint density at radius 2 is 1.38 bits per heavy atom. The average Bonchev–Trinajstić information content (AvgIpc) is 2.75. The van der Waals surface area contributed by atoms with E-state index in [9.17, 15) is 5.11 Å². The van der Waals surface area contributed by atoms with Crippen LogP contribution in [0.5, 0.6) is 11.5 Å². The van der Waals surface area contributed by atoms with E-state index in [1.807, 2.05) is 42.5 Å². The topological polar surface area (TPSA) is 41.9 Å². The first-order valence-electron chi connectivity index (χ1n) is 9.89. The minimum absolute atomic E-state index is 0.242. The highest BCUT2D eigenvalue weighted by molar-refractivity contribution is 5.31. The van der Waals surface area contributed by atoms with Gasteiger partial charge in [0, 0.05) is 19.6 Å². The molecule has 1 atom stereocenters. The van der Waals surface area contributed by atoms with Crippen molar-refractivity contribution in [2.24, 2.45) is 0 Å². The third-order valence-corrected chi connectivity index (χ3v) is 4.75. The molecule has 0 fully saturated rings. The number of ether oxygens (including phenoxy) is 2. The Balaban J connectivity index is 1.60. The lowest BCUT2D eigenvalue weighted by Gasteiger charge is -2.25. The van der Waals surface area contributed by atoms with Crippen molar-refractivity contribution in [1.82, 2.24) is 4.90 Å². The summed E-state index contributed by atoms with van der Waals surface area (Å²) in [5.74, 6) is 1.50. The number of aliphatic hydroxyl groups excluding tert-OH is 1. The molecule has 0 amide bonds. The summed E-state index contributed by atoms with van der Waals surface area (Å²) < 4.78 is 10.9. The van der Waals surface area contributed by atoms with Crippen molar-refractivity contribution >= 4 is 0 Å². The van der Waals surface area contributed by atoms with E-state index in [-0.39, 0.29) is 6.61 Å². The maximum Gasteiger partial charge on any atom is 0.119 e. The molecule has 0 saturated heterocycles. The second kappa shape index (κ2) is 10.6. The van der Waals surface area contributed by atoms with E-state index in [4.69, 9.17) is 9.47 Å². The van der Waals surface area contributed by atoms with Gasteiger partial charge in [0.25, 0.3) is 0 Å². The highest BCUT2D eigenvalue weighted by Crippen LogP contribution is 2.17. The molecule has 0 aliphatic heterocycles. The number of aryl methyl sites for hydroxylation is 1. The van der Waals surface area contributed by atoms with Crippen molar-refractivity contribution < 1.29 is 14.6 Å². The van der Waals surface area contributed by atoms with Gasteiger partial charge >= 0.3 is 0 Å². The molecule has 3 rings (SSSR count).